The number of likely N-dealkylation sites (N-methyl/N-ethyl adjacent to an activating group) is 1. The number of nitrogens with one attached hydrogen (secondary N) is 1. The van der Waals surface area contributed by atoms with Crippen LogP contribution in [0.2, 0.25) is 5.02 Å². The lowest BCUT2D eigenvalue weighted by atomic mass is 10.1. The van der Waals surface area contributed by atoms with Crippen LogP contribution < -0.4 is 0 Å². The predicted molar refractivity (Wildman–Crippen MR) is 150 cm³/mol. The van der Waals surface area contributed by atoms with Crippen LogP contribution in [0.4, 0.5) is 0 Å². The summed E-state index contributed by atoms with van der Waals surface area (Å²) in [6, 6.07) is 6.07. The smallest absolute Gasteiger partial charge is 0.283 e. The monoisotopic (exact) mass is 600 g/mol. The van der Waals surface area contributed by atoms with Crippen LogP contribution in [-0.4, -0.2) is 103 Å². The van der Waals surface area contributed by atoms with E-state index in [1.54, 1.807) is 43.3 Å². The number of halogens is 2. The van der Waals surface area contributed by atoms with Crippen molar-refractivity contribution in [1.29, 1.82) is 0 Å². The zero-order valence-electron chi connectivity index (χ0n) is 21.3. The van der Waals surface area contributed by atoms with Crippen molar-refractivity contribution in [3.05, 3.63) is 44.9 Å². The van der Waals surface area contributed by atoms with E-state index in [2.05, 4.69) is 14.9 Å². The summed E-state index contributed by atoms with van der Waals surface area (Å²) >= 11 is 7.45. The molecule has 1 N–H and O–H groups in total. The Morgan fingerprint density at radius 3 is 2.71 bits per heavy atom. The van der Waals surface area contributed by atoms with Gasteiger partial charge in [0.15, 0.2) is 5.01 Å². The van der Waals surface area contributed by atoms with E-state index in [0.717, 1.165) is 30.1 Å². The second-order valence-electron chi connectivity index (χ2n) is 9.75. The molecule has 2 amide bonds. The zero-order valence-corrected chi connectivity index (χ0v) is 24.5. The molecule has 1 atom stereocenters. The molecule has 2 aliphatic heterocycles. The first-order valence-electron chi connectivity index (χ1n) is 12.0. The molecule has 1 saturated heterocycles. The number of aromatic nitrogens is 2. The van der Waals surface area contributed by atoms with Gasteiger partial charge in [0.1, 0.15) is 5.03 Å². The Morgan fingerprint density at radius 2 is 1.97 bits per heavy atom. The molecule has 0 spiro atoms. The Hall–Kier alpha value is -2.22. The standard InChI is InChI=1S/C24H29ClN6O4S2.ClH/c1-28(2)22(32)12-17-13-30(37(34,35)21-11-15-10-16(25)4-5-18(15)26-21)8-9-31(17)24(33)23-27-19-6-7-29(3)14-20(19)36-23;/h4-5,10-11,17,26H,6-9,12-14H2,1-3H3;1H. The molecule has 3 aromatic rings. The van der Waals surface area contributed by atoms with Crippen molar-refractivity contribution in [3.8, 4) is 0 Å². The average Bonchev–Trinajstić information content (AvgIpc) is 3.47. The molecule has 0 saturated carbocycles. The van der Waals surface area contributed by atoms with E-state index < -0.39 is 16.1 Å². The van der Waals surface area contributed by atoms with Crippen LogP contribution in [0.3, 0.4) is 0 Å². The maximum atomic E-state index is 13.6. The number of H-pyrrole nitrogens is 1. The first-order chi connectivity index (χ1) is 17.5. The third-order valence-electron chi connectivity index (χ3n) is 6.90. The van der Waals surface area contributed by atoms with Gasteiger partial charge in [-0.25, -0.2) is 13.4 Å². The number of rotatable bonds is 5. The van der Waals surface area contributed by atoms with E-state index in [-0.39, 0.29) is 55.3 Å². The molecule has 1 fully saturated rings. The summed E-state index contributed by atoms with van der Waals surface area (Å²) < 4.78 is 28.5. The van der Waals surface area contributed by atoms with Gasteiger partial charge in [0, 0.05) is 80.5 Å². The highest BCUT2D eigenvalue weighted by Crippen LogP contribution is 2.29. The predicted octanol–water partition coefficient (Wildman–Crippen LogP) is 2.68. The number of carbonyl (C=O) groups is 2. The molecule has 0 aliphatic carbocycles. The number of fused-ring (bicyclic) bond motifs is 2. The molecule has 10 nitrogen and oxygen atoms in total. The fraction of sp³-hybridized carbons (Fsp3) is 0.458. The van der Waals surface area contributed by atoms with Gasteiger partial charge in [0.2, 0.25) is 5.91 Å². The minimum atomic E-state index is -3.89. The molecule has 38 heavy (non-hydrogen) atoms. The van der Waals surface area contributed by atoms with Gasteiger partial charge in [0.05, 0.1) is 11.7 Å². The average molecular weight is 602 g/mol. The lowest BCUT2D eigenvalue weighted by Gasteiger charge is -2.40. The lowest BCUT2D eigenvalue weighted by molar-refractivity contribution is -0.130. The number of hydrogen-bond acceptors (Lipinski definition) is 7. The topological polar surface area (TPSA) is 110 Å². The quantitative estimate of drug-likeness (QED) is 0.482. The minimum Gasteiger partial charge on any atom is -0.349 e. The van der Waals surface area contributed by atoms with Crippen LogP contribution in [0.1, 0.15) is 26.8 Å². The molecule has 0 bridgehead atoms. The second-order valence-corrected chi connectivity index (χ2v) is 13.2. The van der Waals surface area contributed by atoms with E-state index in [1.807, 2.05) is 7.05 Å². The van der Waals surface area contributed by atoms with Crippen molar-refractivity contribution in [3.63, 3.8) is 0 Å². The Bertz CT molecular complexity index is 1470. The number of amides is 2. The zero-order chi connectivity index (χ0) is 26.5. The van der Waals surface area contributed by atoms with Crippen molar-refractivity contribution in [2.24, 2.45) is 0 Å². The Balaban J connectivity index is 0.00000336. The highest BCUT2D eigenvalue weighted by molar-refractivity contribution is 7.89. The molecule has 206 valence electrons. The normalized spacial score (nSPS) is 18.7. The first-order valence-corrected chi connectivity index (χ1v) is 14.6. The van der Waals surface area contributed by atoms with Crippen LogP contribution >= 0.6 is 35.3 Å². The maximum Gasteiger partial charge on any atom is 0.283 e. The summed E-state index contributed by atoms with van der Waals surface area (Å²) in [4.78, 5) is 40.2. The molecule has 14 heteroatoms. The number of sulfonamides is 1. The number of carbonyl (C=O) groups excluding carboxylic acids is 2. The summed E-state index contributed by atoms with van der Waals surface area (Å²) in [7, 11) is 1.43. The molecule has 1 aromatic carbocycles. The third-order valence-corrected chi connectivity index (χ3v) is 9.99. The molecule has 2 aliphatic rings. The van der Waals surface area contributed by atoms with E-state index in [9.17, 15) is 18.0 Å². The largest absolute Gasteiger partial charge is 0.349 e. The van der Waals surface area contributed by atoms with Gasteiger partial charge in [-0.2, -0.15) is 4.31 Å². The number of piperazine rings is 1. The maximum absolute atomic E-state index is 13.6. The fourth-order valence-electron chi connectivity index (χ4n) is 4.76. The van der Waals surface area contributed by atoms with Crippen molar-refractivity contribution in [2.75, 3.05) is 47.3 Å². The van der Waals surface area contributed by atoms with Crippen LogP contribution in [0.5, 0.6) is 0 Å². The highest BCUT2D eigenvalue weighted by Gasteiger charge is 2.39. The highest BCUT2D eigenvalue weighted by atomic mass is 35.5. The molecular weight excluding hydrogens is 571 g/mol. The Labute approximate surface area is 237 Å². The fourth-order valence-corrected chi connectivity index (χ4v) is 7.57. The minimum absolute atomic E-state index is 0. The third kappa shape index (κ3) is 5.56. The number of hydrogen-bond donors (Lipinski definition) is 1. The lowest BCUT2D eigenvalue weighted by Crippen LogP contribution is -2.57. The summed E-state index contributed by atoms with van der Waals surface area (Å²) in [5, 5.41) is 1.66. The number of thiazole rings is 1. The SMILES string of the molecule is CN1CCc2nc(C(=O)N3CCN(S(=O)(=O)c4cc5cc(Cl)ccc5[nH]4)CC3CC(=O)N(C)C)sc2C1.Cl. The number of aromatic amines is 1. The van der Waals surface area contributed by atoms with Gasteiger partial charge >= 0.3 is 0 Å². The molecule has 0 radical (unpaired) electrons. The molecular formula is C24H30Cl2N6O4S2. The van der Waals surface area contributed by atoms with Crippen LogP contribution in [0.25, 0.3) is 10.9 Å². The van der Waals surface area contributed by atoms with Gasteiger partial charge in [0.25, 0.3) is 15.9 Å². The number of nitrogens with zero attached hydrogens (tertiary/aromatic N) is 5. The Morgan fingerprint density at radius 1 is 1.21 bits per heavy atom. The van der Waals surface area contributed by atoms with E-state index in [4.69, 9.17) is 11.6 Å². The second kappa shape index (κ2) is 11.1. The van der Waals surface area contributed by atoms with Crippen LogP contribution in [0, 0.1) is 0 Å². The molecule has 4 heterocycles. The van der Waals surface area contributed by atoms with E-state index >= 15 is 0 Å². The van der Waals surface area contributed by atoms with Crippen LogP contribution in [-0.2, 0) is 27.8 Å². The summed E-state index contributed by atoms with van der Waals surface area (Å²) in [5.41, 5.74) is 1.61. The first kappa shape index (κ1) is 28.8. The van der Waals surface area contributed by atoms with Crippen molar-refractivity contribution >= 4 is 68.1 Å². The summed E-state index contributed by atoms with van der Waals surface area (Å²) in [6.45, 7) is 1.94. The van der Waals surface area contributed by atoms with Gasteiger partial charge in [-0.05, 0) is 31.3 Å². The molecule has 2 aromatic heterocycles. The number of benzene rings is 1. The summed E-state index contributed by atoms with van der Waals surface area (Å²) in [6.07, 6.45) is 0.806. The van der Waals surface area contributed by atoms with Gasteiger partial charge in [-0.3, -0.25) is 9.59 Å². The van der Waals surface area contributed by atoms with E-state index in [0.29, 0.717) is 20.9 Å². The van der Waals surface area contributed by atoms with Crippen molar-refractivity contribution in [2.45, 2.75) is 30.5 Å². The molecule has 5 rings (SSSR count). The van der Waals surface area contributed by atoms with Crippen molar-refractivity contribution < 1.29 is 18.0 Å². The van der Waals surface area contributed by atoms with Crippen LogP contribution in [0.15, 0.2) is 29.3 Å². The summed E-state index contributed by atoms with van der Waals surface area (Å²) in [5.74, 6) is -0.432. The van der Waals surface area contributed by atoms with Gasteiger partial charge < -0.3 is 19.7 Å². The van der Waals surface area contributed by atoms with Gasteiger partial charge in [-0.15, -0.1) is 23.7 Å². The van der Waals surface area contributed by atoms with E-state index in [1.165, 1.54) is 20.5 Å². The molecule has 1 unspecified atom stereocenters. The Kier molecular flexibility index (Phi) is 8.41. The van der Waals surface area contributed by atoms with Crippen molar-refractivity contribution in [1.82, 2.24) is 29.0 Å². The van der Waals surface area contributed by atoms with Gasteiger partial charge in [-0.1, -0.05) is 11.6 Å².